The average molecular weight is 233 g/mol. The molecule has 0 aliphatic rings. The molecule has 0 saturated heterocycles. The molecule has 0 spiro atoms. The lowest BCUT2D eigenvalue weighted by Gasteiger charge is -2.08. The number of phenolic OH excluding ortho intramolecular Hbond substituents is 1. The van der Waals surface area contributed by atoms with Gasteiger partial charge in [-0.25, -0.2) is 9.97 Å². The van der Waals surface area contributed by atoms with E-state index in [2.05, 4.69) is 15.3 Å². The second-order valence-corrected chi connectivity index (χ2v) is 3.64. The van der Waals surface area contributed by atoms with Gasteiger partial charge < -0.3 is 15.2 Å². The fraction of sp³-hybridized carbons (Fsp3) is 0.333. The van der Waals surface area contributed by atoms with Crippen molar-refractivity contribution in [1.29, 1.82) is 0 Å². The van der Waals surface area contributed by atoms with Crippen LogP contribution in [0, 0.1) is 0 Å². The molecule has 0 radical (unpaired) electrons. The molecule has 1 aromatic carbocycles. The van der Waals surface area contributed by atoms with Crippen LogP contribution < -0.4 is 10.1 Å². The van der Waals surface area contributed by atoms with Gasteiger partial charge in [0.25, 0.3) is 0 Å². The number of hydrogen-bond donors (Lipinski definition) is 2. The number of nitrogens with one attached hydrogen (secondary N) is 1. The Kier molecular flexibility index (Phi) is 3.39. The highest BCUT2D eigenvalue weighted by atomic mass is 16.5. The third kappa shape index (κ3) is 2.29. The summed E-state index contributed by atoms with van der Waals surface area (Å²) in [4.78, 5) is 8.39. The van der Waals surface area contributed by atoms with E-state index in [0.717, 1.165) is 23.1 Å². The van der Waals surface area contributed by atoms with Gasteiger partial charge in [0.05, 0.1) is 18.3 Å². The molecule has 2 rings (SSSR count). The van der Waals surface area contributed by atoms with Crippen LogP contribution >= 0.6 is 0 Å². The maximum absolute atomic E-state index is 9.76. The van der Waals surface area contributed by atoms with Crippen molar-refractivity contribution in [3.8, 4) is 11.5 Å². The predicted molar refractivity (Wildman–Crippen MR) is 65.1 cm³/mol. The first-order valence-electron chi connectivity index (χ1n) is 5.47. The number of aromatic nitrogens is 2. The molecule has 5 nitrogen and oxygen atoms in total. The molecule has 2 aromatic rings. The second kappa shape index (κ2) is 4.97. The smallest absolute Gasteiger partial charge is 0.162 e. The minimum Gasteiger partial charge on any atom is -0.504 e. The van der Waals surface area contributed by atoms with Crippen molar-refractivity contribution in [3.05, 3.63) is 24.2 Å². The van der Waals surface area contributed by atoms with E-state index in [9.17, 15) is 5.11 Å². The van der Waals surface area contributed by atoms with Gasteiger partial charge in [0, 0.05) is 18.0 Å². The quantitative estimate of drug-likeness (QED) is 0.836. The average Bonchev–Trinajstić information content (AvgIpc) is 2.35. The number of ether oxygens (including phenoxy) is 1. The molecule has 90 valence electrons. The van der Waals surface area contributed by atoms with Gasteiger partial charge in [0.15, 0.2) is 11.5 Å². The van der Waals surface area contributed by atoms with Crippen LogP contribution in [0.2, 0.25) is 0 Å². The highest BCUT2D eigenvalue weighted by Gasteiger charge is 2.08. The number of hydrogen-bond acceptors (Lipinski definition) is 5. The summed E-state index contributed by atoms with van der Waals surface area (Å²) in [5.74, 6) is 0.526. The van der Waals surface area contributed by atoms with Gasteiger partial charge in [0.2, 0.25) is 0 Å². The zero-order chi connectivity index (χ0) is 12.3. The molecule has 1 heterocycles. The SMILES string of the molecule is CCNCc1ncnc2cc(OC)c(O)cc12. The van der Waals surface area contributed by atoms with Crippen LogP contribution in [0.15, 0.2) is 18.5 Å². The molecule has 0 atom stereocenters. The van der Waals surface area contributed by atoms with Gasteiger partial charge in [-0.1, -0.05) is 6.92 Å². The number of fused-ring (bicyclic) bond motifs is 1. The highest BCUT2D eigenvalue weighted by Crippen LogP contribution is 2.30. The molecular weight excluding hydrogens is 218 g/mol. The summed E-state index contributed by atoms with van der Waals surface area (Å²) in [7, 11) is 1.52. The Morgan fingerprint density at radius 1 is 1.35 bits per heavy atom. The summed E-state index contributed by atoms with van der Waals surface area (Å²) in [5.41, 5.74) is 1.64. The lowest BCUT2D eigenvalue weighted by Crippen LogP contribution is -2.13. The minimum absolute atomic E-state index is 0.104. The van der Waals surface area contributed by atoms with Crippen molar-refractivity contribution >= 4 is 10.9 Å². The molecule has 17 heavy (non-hydrogen) atoms. The number of phenols is 1. The van der Waals surface area contributed by atoms with Gasteiger partial charge in [-0.3, -0.25) is 0 Å². The van der Waals surface area contributed by atoms with Crippen molar-refractivity contribution in [2.24, 2.45) is 0 Å². The lowest BCUT2D eigenvalue weighted by atomic mass is 10.1. The third-order valence-corrected chi connectivity index (χ3v) is 2.56. The fourth-order valence-electron chi connectivity index (χ4n) is 1.67. The maximum Gasteiger partial charge on any atom is 0.162 e. The van der Waals surface area contributed by atoms with Crippen molar-refractivity contribution < 1.29 is 9.84 Å². The Labute approximate surface area is 99.5 Å². The first kappa shape index (κ1) is 11.6. The number of methoxy groups -OCH3 is 1. The Balaban J connectivity index is 2.52. The van der Waals surface area contributed by atoms with Crippen molar-refractivity contribution in [3.63, 3.8) is 0 Å². The predicted octanol–water partition coefficient (Wildman–Crippen LogP) is 1.45. The molecule has 2 N–H and O–H groups in total. The van der Waals surface area contributed by atoms with Gasteiger partial charge in [-0.2, -0.15) is 0 Å². The number of rotatable bonds is 4. The summed E-state index contributed by atoms with van der Waals surface area (Å²) >= 11 is 0. The van der Waals surface area contributed by atoms with Gasteiger partial charge in [-0.05, 0) is 12.6 Å². The first-order valence-corrected chi connectivity index (χ1v) is 5.47. The van der Waals surface area contributed by atoms with Crippen LogP contribution in [0.4, 0.5) is 0 Å². The van der Waals surface area contributed by atoms with Crippen LogP contribution in [0.1, 0.15) is 12.6 Å². The largest absolute Gasteiger partial charge is 0.504 e. The van der Waals surface area contributed by atoms with Gasteiger partial charge >= 0.3 is 0 Å². The topological polar surface area (TPSA) is 67.3 Å². The molecule has 0 unspecified atom stereocenters. The Bertz CT molecular complexity index is 528. The van der Waals surface area contributed by atoms with Crippen LogP contribution in [0.5, 0.6) is 11.5 Å². The molecule has 1 aromatic heterocycles. The van der Waals surface area contributed by atoms with E-state index < -0.39 is 0 Å². The molecule has 5 heteroatoms. The summed E-state index contributed by atoms with van der Waals surface area (Å²) in [6.07, 6.45) is 1.52. The van der Waals surface area contributed by atoms with Crippen LogP contribution in [0.25, 0.3) is 10.9 Å². The third-order valence-electron chi connectivity index (χ3n) is 2.56. The van der Waals surface area contributed by atoms with E-state index in [1.54, 1.807) is 12.1 Å². The zero-order valence-corrected chi connectivity index (χ0v) is 9.90. The van der Waals surface area contributed by atoms with Crippen molar-refractivity contribution in [2.75, 3.05) is 13.7 Å². The summed E-state index contributed by atoms with van der Waals surface area (Å²) < 4.78 is 5.05. The molecular formula is C12H15N3O2. The minimum atomic E-state index is 0.104. The molecule has 0 bridgehead atoms. The van der Waals surface area contributed by atoms with Crippen LogP contribution in [0.3, 0.4) is 0 Å². The summed E-state index contributed by atoms with van der Waals surface area (Å²) in [6.45, 7) is 3.55. The Morgan fingerprint density at radius 3 is 2.88 bits per heavy atom. The number of aromatic hydroxyl groups is 1. The van der Waals surface area contributed by atoms with E-state index in [4.69, 9.17) is 4.74 Å². The summed E-state index contributed by atoms with van der Waals surface area (Å²) in [5, 5.41) is 13.8. The molecule has 0 aliphatic carbocycles. The second-order valence-electron chi connectivity index (χ2n) is 3.64. The van der Waals surface area contributed by atoms with Crippen molar-refractivity contribution in [2.45, 2.75) is 13.5 Å². The van der Waals surface area contributed by atoms with Crippen LogP contribution in [-0.2, 0) is 6.54 Å². The molecule has 0 saturated carbocycles. The van der Waals surface area contributed by atoms with E-state index in [0.29, 0.717) is 12.3 Å². The normalized spacial score (nSPS) is 10.7. The lowest BCUT2D eigenvalue weighted by molar-refractivity contribution is 0.374. The highest BCUT2D eigenvalue weighted by molar-refractivity contribution is 5.84. The van der Waals surface area contributed by atoms with E-state index in [1.807, 2.05) is 6.92 Å². The Hall–Kier alpha value is -1.88. The Morgan fingerprint density at radius 2 is 2.18 bits per heavy atom. The molecule has 0 amide bonds. The number of nitrogens with zero attached hydrogens (tertiary/aromatic N) is 2. The van der Waals surface area contributed by atoms with Gasteiger partial charge in [-0.15, -0.1) is 0 Å². The summed E-state index contributed by atoms with van der Waals surface area (Å²) in [6, 6.07) is 3.35. The fourth-order valence-corrected chi connectivity index (χ4v) is 1.67. The molecule has 0 fully saturated rings. The standard InChI is InChI=1S/C12H15N3O2/c1-3-13-6-10-8-4-11(16)12(17-2)5-9(8)14-7-15-10/h4-5,7,13,16H,3,6H2,1-2H3. The molecule has 0 aliphatic heterocycles. The van der Waals surface area contributed by atoms with Gasteiger partial charge in [0.1, 0.15) is 6.33 Å². The van der Waals surface area contributed by atoms with E-state index in [-0.39, 0.29) is 5.75 Å². The first-order chi connectivity index (χ1) is 8.26. The zero-order valence-electron chi connectivity index (χ0n) is 9.90. The van der Waals surface area contributed by atoms with Crippen molar-refractivity contribution in [1.82, 2.24) is 15.3 Å². The van der Waals surface area contributed by atoms with E-state index in [1.165, 1.54) is 13.4 Å². The van der Waals surface area contributed by atoms with E-state index >= 15 is 0 Å². The monoisotopic (exact) mass is 233 g/mol. The maximum atomic E-state index is 9.76. The van der Waals surface area contributed by atoms with Crippen LogP contribution in [-0.4, -0.2) is 28.7 Å². The number of benzene rings is 1.